The summed E-state index contributed by atoms with van der Waals surface area (Å²) in [6.45, 7) is 0. The average molecular weight is 373 g/mol. The zero-order valence-corrected chi connectivity index (χ0v) is 12.8. The number of nitro groups is 1. The first-order valence-electron chi connectivity index (χ1n) is 5.48. The minimum Gasteiger partial charge on any atom is -0.384 e. The lowest BCUT2D eigenvalue weighted by atomic mass is 10.3. The Morgan fingerprint density at radius 1 is 1.29 bits per heavy atom. The lowest BCUT2D eigenvalue weighted by Crippen LogP contribution is -2.13. The second-order valence-electron chi connectivity index (χ2n) is 3.95. The fraction of sp³-hybridized carbons (Fsp3) is 0. The van der Waals surface area contributed by atoms with E-state index in [1.54, 1.807) is 0 Å². The van der Waals surface area contributed by atoms with Crippen LogP contribution in [0.2, 0.25) is 0 Å². The number of nitro benzene ring substituents is 1. The number of aromatic nitrogens is 1. The third kappa shape index (κ3) is 3.47. The van der Waals surface area contributed by atoms with Crippen LogP contribution in [0.5, 0.6) is 0 Å². The van der Waals surface area contributed by atoms with Crippen molar-refractivity contribution < 1.29 is 13.3 Å². The number of nitrogens with zero attached hydrogens (tertiary/aromatic N) is 2. The SMILES string of the molecule is Nc1cc(S(=O)(=O)Nc2ccc(Br)c([N+](=O)[O-])c2)ccn1. The largest absolute Gasteiger partial charge is 0.384 e. The normalized spacial score (nSPS) is 11.1. The van der Waals surface area contributed by atoms with E-state index >= 15 is 0 Å². The number of nitrogens with two attached hydrogens (primary N) is 1. The van der Waals surface area contributed by atoms with Crippen molar-refractivity contribution in [3.8, 4) is 0 Å². The average Bonchev–Trinajstić information content (AvgIpc) is 2.40. The third-order valence-electron chi connectivity index (χ3n) is 2.46. The number of hydrogen-bond donors (Lipinski definition) is 2. The molecule has 0 aliphatic carbocycles. The molecule has 0 saturated heterocycles. The first kappa shape index (κ1) is 15.2. The van der Waals surface area contributed by atoms with Crippen LogP contribution in [0.4, 0.5) is 17.2 Å². The summed E-state index contributed by atoms with van der Waals surface area (Å²) in [5.41, 5.74) is 5.26. The molecule has 21 heavy (non-hydrogen) atoms. The van der Waals surface area contributed by atoms with Crippen molar-refractivity contribution in [3.63, 3.8) is 0 Å². The van der Waals surface area contributed by atoms with Crippen LogP contribution in [0.3, 0.4) is 0 Å². The zero-order chi connectivity index (χ0) is 15.6. The van der Waals surface area contributed by atoms with Gasteiger partial charge in [0, 0.05) is 18.3 Å². The molecule has 3 N–H and O–H groups in total. The fourth-order valence-electron chi connectivity index (χ4n) is 1.53. The van der Waals surface area contributed by atoms with Crippen molar-refractivity contribution in [2.45, 2.75) is 4.90 Å². The summed E-state index contributed by atoms with van der Waals surface area (Å²) >= 11 is 3.02. The minimum absolute atomic E-state index is 0.0552. The first-order valence-corrected chi connectivity index (χ1v) is 7.75. The lowest BCUT2D eigenvalue weighted by molar-refractivity contribution is -0.385. The summed E-state index contributed by atoms with van der Waals surface area (Å²) in [7, 11) is -3.90. The van der Waals surface area contributed by atoms with E-state index in [-0.39, 0.29) is 26.6 Å². The van der Waals surface area contributed by atoms with Gasteiger partial charge in [-0.2, -0.15) is 0 Å². The molecule has 1 heterocycles. The molecule has 1 aromatic heterocycles. The molecule has 0 aliphatic rings. The van der Waals surface area contributed by atoms with E-state index in [1.807, 2.05) is 0 Å². The van der Waals surface area contributed by atoms with Gasteiger partial charge in [-0.25, -0.2) is 13.4 Å². The van der Waals surface area contributed by atoms with E-state index in [1.165, 1.54) is 30.5 Å². The van der Waals surface area contributed by atoms with Crippen molar-refractivity contribution in [3.05, 3.63) is 51.1 Å². The molecule has 1 aromatic carbocycles. The van der Waals surface area contributed by atoms with Crippen LogP contribution in [0, 0.1) is 10.1 Å². The van der Waals surface area contributed by atoms with Gasteiger partial charge in [-0.1, -0.05) is 0 Å². The molecule has 2 aromatic rings. The fourth-order valence-corrected chi connectivity index (χ4v) is 2.99. The maximum Gasteiger partial charge on any atom is 0.285 e. The number of nitrogen functional groups attached to an aromatic ring is 1. The smallest absolute Gasteiger partial charge is 0.285 e. The van der Waals surface area contributed by atoms with Crippen LogP contribution in [0.1, 0.15) is 0 Å². The summed E-state index contributed by atoms with van der Waals surface area (Å²) in [5, 5.41) is 10.8. The number of benzene rings is 1. The Labute approximate surface area is 128 Å². The quantitative estimate of drug-likeness (QED) is 0.624. The number of rotatable bonds is 4. The van der Waals surface area contributed by atoms with E-state index in [0.29, 0.717) is 0 Å². The van der Waals surface area contributed by atoms with Crippen LogP contribution < -0.4 is 10.5 Å². The summed E-state index contributed by atoms with van der Waals surface area (Å²) in [6.07, 6.45) is 1.26. The molecule has 10 heteroatoms. The van der Waals surface area contributed by atoms with Gasteiger partial charge in [0.15, 0.2) is 0 Å². The number of nitrogens with one attached hydrogen (secondary N) is 1. The van der Waals surface area contributed by atoms with Gasteiger partial charge >= 0.3 is 0 Å². The van der Waals surface area contributed by atoms with Crippen molar-refractivity contribution >= 4 is 43.1 Å². The second kappa shape index (κ2) is 5.66. The molecule has 0 aliphatic heterocycles. The van der Waals surface area contributed by atoms with Gasteiger partial charge in [-0.15, -0.1) is 0 Å². The molecular weight excluding hydrogens is 364 g/mol. The Morgan fingerprint density at radius 3 is 2.62 bits per heavy atom. The van der Waals surface area contributed by atoms with Gasteiger partial charge in [-0.05, 0) is 34.1 Å². The molecule has 0 fully saturated rings. The zero-order valence-electron chi connectivity index (χ0n) is 10.4. The molecule has 0 radical (unpaired) electrons. The standard InChI is InChI=1S/C11H9BrN4O4S/c12-9-2-1-7(5-10(9)16(17)18)15-21(19,20)8-3-4-14-11(13)6-8/h1-6,15H,(H2,13,14). The highest BCUT2D eigenvalue weighted by molar-refractivity contribution is 9.10. The Bertz CT molecular complexity index is 810. The topological polar surface area (TPSA) is 128 Å². The number of pyridine rings is 1. The minimum atomic E-state index is -3.90. The van der Waals surface area contributed by atoms with Gasteiger partial charge in [0.25, 0.3) is 15.7 Å². The molecule has 8 nitrogen and oxygen atoms in total. The Kier molecular flexibility index (Phi) is 4.09. The van der Waals surface area contributed by atoms with Crippen LogP contribution in [0.25, 0.3) is 0 Å². The summed E-state index contributed by atoms with van der Waals surface area (Å²) in [4.78, 5) is 13.8. The number of halogens is 1. The molecule has 0 amide bonds. The Morgan fingerprint density at radius 2 is 2.00 bits per heavy atom. The van der Waals surface area contributed by atoms with Crippen LogP contribution in [-0.4, -0.2) is 18.3 Å². The molecule has 2 rings (SSSR count). The molecule has 0 spiro atoms. The van der Waals surface area contributed by atoms with Crippen molar-refractivity contribution in [1.29, 1.82) is 0 Å². The number of anilines is 2. The van der Waals surface area contributed by atoms with Crippen LogP contribution >= 0.6 is 15.9 Å². The summed E-state index contributed by atoms with van der Waals surface area (Å²) in [5.74, 6) is 0.0552. The predicted molar refractivity (Wildman–Crippen MR) is 80.3 cm³/mol. The maximum absolute atomic E-state index is 12.1. The predicted octanol–water partition coefficient (Wildman–Crippen LogP) is 2.14. The highest BCUT2D eigenvalue weighted by Crippen LogP contribution is 2.29. The van der Waals surface area contributed by atoms with E-state index in [4.69, 9.17) is 5.73 Å². The highest BCUT2D eigenvalue weighted by Gasteiger charge is 2.18. The van der Waals surface area contributed by atoms with E-state index in [0.717, 1.165) is 6.07 Å². The summed E-state index contributed by atoms with van der Waals surface area (Å²) < 4.78 is 26.8. The van der Waals surface area contributed by atoms with Gasteiger partial charge in [0.1, 0.15) is 5.82 Å². The molecule has 110 valence electrons. The van der Waals surface area contributed by atoms with Gasteiger partial charge in [-0.3, -0.25) is 14.8 Å². The monoisotopic (exact) mass is 372 g/mol. The number of hydrogen-bond acceptors (Lipinski definition) is 6. The van der Waals surface area contributed by atoms with Gasteiger partial charge < -0.3 is 5.73 Å². The lowest BCUT2D eigenvalue weighted by Gasteiger charge is -2.08. The first-order chi connectivity index (χ1) is 9.79. The third-order valence-corrected chi connectivity index (χ3v) is 4.51. The molecule has 0 bridgehead atoms. The van der Waals surface area contributed by atoms with Crippen molar-refractivity contribution in [2.75, 3.05) is 10.5 Å². The summed E-state index contributed by atoms with van der Waals surface area (Å²) in [6, 6.07) is 6.36. The van der Waals surface area contributed by atoms with E-state index in [9.17, 15) is 18.5 Å². The Balaban J connectivity index is 2.37. The van der Waals surface area contributed by atoms with E-state index in [2.05, 4.69) is 25.6 Å². The van der Waals surface area contributed by atoms with Gasteiger partial charge in [0.05, 0.1) is 20.0 Å². The van der Waals surface area contributed by atoms with Crippen molar-refractivity contribution in [1.82, 2.24) is 4.98 Å². The molecule has 0 atom stereocenters. The van der Waals surface area contributed by atoms with Crippen molar-refractivity contribution in [2.24, 2.45) is 0 Å². The second-order valence-corrected chi connectivity index (χ2v) is 6.48. The van der Waals surface area contributed by atoms with Crippen LogP contribution in [-0.2, 0) is 10.0 Å². The maximum atomic E-state index is 12.1. The Hall–Kier alpha value is -2.20. The highest BCUT2D eigenvalue weighted by atomic mass is 79.9. The molecular formula is C11H9BrN4O4S. The molecule has 0 saturated carbocycles. The number of sulfonamides is 1. The molecule has 0 unspecified atom stereocenters. The van der Waals surface area contributed by atoms with E-state index < -0.39 is 14.9 Å². The van der Waals surface area contributed by atoms with Gasteiger partial charge in [0.2, 0.25) is 0 Å². The van der Waals surface area contributed by atoms with Crippen LogP contribution in [0.15, 0.2) is 45.9 Å².